The number of nitrogens with zero attached hydrogens (tertiary/aromatic N) is 6. The van der Waals surface area contributed by atoms with Gasteiger partial charge in [0.15, 0.2) is 18.1 Å². The van der Waals surface area contributed by atoms with Crippen LogP contribution in [0.3, 0.4) is 0 Å². The molecule has 0 saturated heterocycles. The van der Waals surface area contributed by atoms with Crippen molar-refractivity contribution in [2.24, 2.45) is 0 Å². The molecule has 2 heterocycles. The highest BCUT2D eigenvalue weighted by Crippen LogP contribution is 2.15. The number of nitrogens with two attached hydrogens (primary N) is 1. The lowest BCUT2D eigenvalue weighted by Gasteiger charge is -2.12. The molecule has 1 aromatic carbocycles. The third kappa shape index (κ3) is 3.68. The number of anilines is 2. The molecule has 27 heavy (non-hydrogen) atoms. The molecule has 10 nitrogen and oxygen atoms in total. The van der Waals surface area contributed by atoms with Crippen LogP contribution in [-0.4, -0.2) is 44.8 Å². The molecule has 0 saturated carbocycles. The SMILES string of the molecule is CCn1nc(C(=O)OCc2nc(N)nc(N(C)C)n2)c2ccccc2c1=O. The van der Waals surface area contributed by atoms with Gasteiger partial charge in [0.1, 0.15) is 0 Å². The van der Waals surface area contributed by atoms with Crippen molar-refractivity contribution in [3.8, 4) is 0 Å². The molecule has 0 bridgehead atoms. The Morgan fingerprint density at radius 3 is 2.56 bits per heavy atom. The molecule has 0 aliphatic carbocycles. The zero-order valence-corrected chi connectivity index (χ0v) is 15.2. The van der Waals surface area contributed by atoms with Crippen LogP contribution >= 0.6 is 0 Å². The smallest absolute Gasteiger partial charge is 0.359 e. The molecular formula is C17H19N7O3. The zero-order valence-electron chi connectivity index (χ0n) is 15.2. The molecular weight excluding hydrogens is 350 g/mol. The number of ether oxygens (including phenoxy) is 1. The number of hydrogen-bond acceptors (Lipinski definition) is 9. The normalized spacial score (nSPS) is 10.8. The van der Waals surface area contributed by atoms with Crippen LogP contribution in [0, 0.1) is 0 Å². The molecule has 0 atom stereocenters. The van der Waals surface area contributed by atoms with Crippen LogP contribution in [0.2, 0.25) is 0 Å². The fourth-order valence-electron chi connectivity index (χ4n) is 2.49. The summed E-state index contributed by atoms with van der Waals surface area (Å²) in [4.78, 5) is 38.8. The molecule has 0 amide bonds. The summed E-state index contributed by atoms with van der Waals surface area (Å²) in [5, 5.41) is 4.97. The minimum atomic E-state index is -0.682. The van der Waals surface area contributed by atoms with Gasteiger partial charge in [-0.2, -0.15) is 20.1 Å². The largest absolute Gasteiger partial charge is 0.453 e. The van der Waals surface area contributed by atoms with Crippen molar-refractivity contribution < 1.29 is 9.53 Å². The maximum absolute atomic E-state index is 12.6. The fraction of sp³-hybridized carbons (Fsp3) is 0.294. The van der Waals surface area contributed by atoms with Gasteiger partial charge in [0.05, 0.1) is 5.39 Å². The van der Waals surface area contributed by atoms with Crippen molar-refractivity contribution in [1.82, 2.24) is 24.7 Å². The second-order valence-electron chi connectivity index (χ2n) is 5.90. The Balaban J connectivity index is 1.91. The van der Waals surface area contributed by atoms with Crippen molar-refractivity contribution >= 4 is 28.6 Å². The Hall–Kier alpha value is -3.56. The van der Waals surface area contributed by atoms with Gasteiger partial charge in [-0.05, 0) is 13.0 Å². The van der Waals surface area contributed by atoms with Crippen LogP contribution in [0.15, 0.2) is 29.1 Å². The topological polar surface area (TPSA) is 129 Å². The van der Waals surface area contributed by atoms with E-state index in [2.05, 4.69) is 20.1 Å². The summed E-state index contributed by atoms with van der Waals surface area (Å²) in [6, 6.07) is 6.77. The number of aryl methyl sites for hydroxylation is 1. The highest BCUT2D eigenvalue weighted by molar-refractivity contribution is 6.02. The summed E-state index contributed by atoms with van der Waals surface area (Å²) in [7, 11) is 3.52. The van der Waals surface area contributed by atoms with Gasteiger partial charge in [-0.3, -0.25) is 4.79 Å². The van der Waals surface area contributed by atoms with E-state index in [1.165, 1.54) is 4.68 Å². The van der Waals surface area contributed by atoms with E-state index in [0.29, 0.717) is 23.3 Å². The predicted molar refractivity (Wildman–Crippen MR) is 99.4 cm³/mol. The molecule has 0 aliphatic heterocycles. The average molecular weight is 369 g/mol. The third-order valence-electron chi connectivity index (χ3n) is 3.78. The van der Waals surface area contributed by atoms with Gasteiger partial charge in [-0.25, -0.2) is 9.48 Å². The molecule has 0 aliphatic rings. The second-order valence-corrected chi connectivity index (χ2v) is 5.90. The molecule has 2 N–H and O–H groups in total. The highest BCUT2D eigenvalue weighted by atomic mass is 16.5. The number of carbonyl (C=O) groups is 1. The summed E-state index contributed by atoms with van der Waals surface area (Å²) in [6.07, 6.45) is 0. The first-order chi connectivity index (χ1) is 12.9. The van der Waals surface area contributed by atoms with Gasteiger partial charge in [-0.15, -0.1) is 0 Å². The van der Waals surface area contributed by atoms with E-state index in [-0.39, 0.29) is 29.6 Å². The van der Waals surface area contributed by atoms with Crippen molar-refractivity contribution in [1.29, 1.82) is 0 Å². The van der Waals surface area contributed by atoms with Crippen molar-refractivity contribution in [3.63, 3.8) is 0 Å². The molecule has 0 radical (unpaired) electrons. The van der Waals surface area contributed by atoms with Gasteiger partial charge < -0.3 is 15.4 Å². The van der Waals surface area contributed by atoms with Crippen molar-refractivity contribution in [2.75, 3.05) is 24.7 Å². The second kappa shape index (κ2) is 7.36. The Labute approximate surface area is 154 Å². The quantitative estimate of drug-likeness (QED) is 0.643. The molecule has 0 spiro atoms. The average Bonchev–Trinajstić information content (AvgIpc) is 2.66. The predicted octanol–water partition coefficient (Wildman–Crippen LogP) is 0.607. The van der Waals surface area contributed by atoms with E-state index in [0.717, 1.165) is 0 Å². The Morgan fingerprint density at radius 1 is 1.19 bits per heavy atom. The molecule has 2 aromatic heterocycles. The number of esters is 1. The molecule has 0 unspecified atom stereocenters. The molecule has 10 heteroatoms. The first-order valence-corrected chi connectivity index (χ1v) is 8.25. The molecule has 0 fully saturated rings. The van der Waals surface area contributed by atoms with E-state index < -0.39 is 5.97 Å². The van der Waals surface area contributed by atoms with Gasteiger partial charge in [-0.1, -0.05) is 18.2 Å². The van der Waals surface area contributed by atoms with Gasteiger partial charge in [0.25, 0.3) is 5.56 Å². The Morgan fingerprint density at radius 2 is 1.89 bits per heavy atom. The number of rotatable bonds is 5. The lowest BCUT2D eigenvalue weighted by atomic mass is 10.1. The minimum absolute atomic E-state index is 0.0304. The first-order valence-electron chi connectivity index (χ1n) is 8.25. The van der Waals surface area contributed by atoms with E-state index in [1.54, 1.807) is 50.2 Å². The maximum Gasteiger partial charge on any atom is 0.359 e. The van der Waals surface area contributed by atoms with Gasteiger partial charge in [0, 0.05) is 26.0 Å². The number of nitrogen functional groups attached to an aromatic ring is 1. The molecule has 3 rings (SSSR count). The lowest BCUT2D eigenvalue weighted by molar-refractivity contribution is 0.0455. The van der Waals surface area contributed by atoms with E-state index >= 15 is 0 Å². The summed E-state index contributed by atoms with van der Waals surface area (Å²) >= 11 is 0. The standard InChI is InChI=1S/C17H19N7O3/c1-4-24-14(25)11-8-6-5-7-10(11)13(22-24)15(26)27-9-12-19-16(18)21-17(20-12)23(2)3/h5-8H,4,9H2,1-3H3,(H2,18,19,20,21). The number of benzene rings is 1. The summed E-state index contributed by atoms with van der Waals surface area (Å²) < 4.78 is 6.53. The monoisotopic (exact) mass is 369 g/mol. The van der Waals surface area contributed by atoms with Crippen LogP contribution in [-0.2, 0) is 17.9 Å². The number of fused-ring (bicyclic) bond motifs is 1. The van der Waals surface area contributed by atoms with Gasteiger partial charge in [0.2, 0.25) is 11.9 Å². The molecule has 3 aromatic rings. The Bertz CT molecular complexity index is 1060. The Kier molecular flexibility index (Phi) is 4.97. The molecule has 140 valence electrons. The summed E-state index contributed by atoms with van der Waals surface area (Å²) in [5.74, 6) is -0.0778. The van der Waals surface area contributed by atoms with Crippen LogP contribution in [0.1, 0.15) is 23.2 Å². The fourth-order valence-corrected chi connectivity index (χ4v) is 2.49. The first kappa shape index (κ1) is 18.2. The van der Waals surface area contributed by atoms with Crippen LogP contribution < -0.4 is 16.2 Å². The minimum Gasteiger partial charge on any atom is -0.453 e. The van der Waals surface area contributed by atoms with Crippen LogP contribution in [0.5, 0.6) is 0 Å². The van der Waals surface area contributed by atoms with Gasteiger partial charge >= 0.3 is 5.97 Å². The number of carbonyl (C=O) groups excluding carboxylic acids is 1. The number of aromatic nitrogens is 5. The zero-order chi connectivity index (χ0) is 19.6. The van der Waals surface area contributed by atoms with Crippen molar-refractivity contribution in [2.45, 2.75) is 20.1 Å². The van der Waals surface area contributed by atoms with Crippen LogP contribution in [0.25, 0.3) is 10.8 Å². The summed E-state index contributed by atoms with van der Waals surface area (Å²) in [5.41, 5.74) is 5.46. The van der Waals surface area contributed by atoms with Crippen molar-refractivity contribution in [3.05, 3.63) is 46.1 Å². The summed E-state index contributed by atoms with van der Waals surface area (Å²) in [6.45, 7) is 1.91. The van der Waals surface area contributed by atoms with Crippen LogP contribution in [0.4, 0.5) is 11.9 Å². The van der Waals surface area contributed by atoms with E-state index in [1.807, 2.05) is 0 Å². The highest BCUT2D eigenvalue weighted by Gasteiger charge is 2.18. The third-order valence-corrected chi connectivity index (χ3v) is 3.78. The lowest BCUT2D eigenvalue weighted by Crippen LogP contribution is -2.26. The van der Waals surface area contributed by atoms with E-state index in [9.17, 15) is 9.59 Å². The maximum atomic E-state index is 12.6. The van der Waals surface area contributed by atoms with E-state index in [4.69, 9.17) is 10.5 Å². The number of hydrogen-bond donors (Lipinski definition) is 1.